The van der Waals surface area contributed by atoms with Gasteiger partial charge >= 0.3 is 0 Å². The van der Waals surface area contributed by atoms with Crippen LogP contribution in [0.3, 0.4) is 0 Å². The second kappa shape index (κ2) is 5.35. The molecule has 88 valence electrons. The number of halogens is 2. The van der Waals surface area contributed by atoms with Crippen molar-refractivity contribution >= 4 is 28.3 Å². The maximum atomic E-state index is 13.2. The molecular weight excluding hydrogens is 332 g/mol. The molecule has 2 aromatic carbocycles. The topological polar surface area (TPSA) is 35.2 Å². The van der Waals surface area contributed by atoms with E-state index in [4.69, 9.17) is 10.5 Å². The van der Waals surface area contributed by atoms with E-state index < -0.39 is 5.82 Å². The Morgan fingerprint density at radius 3 is 2.47 bits per heavy atom. The summed E-state index contributed by atoms with van der Waals surface area (Å²) in [6.07, 6.45) is 0. The van der Waals surface area contributed by atoms with Gasteiger partial charge in [0, 0.05) is 3.57 Å². The van der Waals surface area contributed by atoms with Crippen LogP contribution in [-0.4, -0.2) is 0 Å². The van der Waals surface area contributed by atoms with E-state index in [2.05, 4.69) is 22.6 Å². The minimum Gasteiger partial charge on any atom is -0.489 e. The summed E-state index contributed by atoms with van der Waals surface area (Å²) >= 11 is 2.23. The molecule has 0 spiro atoms. The summed E-state index contributed by atoms with van der Waals surface area (Å²) in [7, 11) is 0. The number of rotatable bonds is 3. The quantitative estimate of drug-likeness (QED) is 0.683. The van der Waals surface area contributed by atoms with Crippen molar-refractivity contribution in [3.05, 3.63) is 57.4 Å². The molecule has 2 aromatic rings. The number of benzene rings is 2. The first-order valence-corrected chi connectivity index (χ1v) is 6.15. The van der Waals surface area contributed by atoms with Crippen LogP contribution in [0.1, 0.15) is 5.56 Å². The standard InChI is InChI=1S/C13H11FINO/c14-12-7-9(1-6-13(12)16)8-17-11-4-2-10(15)3-5-11/h1-7H,8,16H2. The fourth-order valence-electron chi connectivity index (χ4n) is 1.36. The largest absolute Gasteiger partial charge is 0.489 e. The molecule has 2 N–H and O–H groups in total. The van der Waals surface area contributed by atoms with Crippen molar-refractivity contribution in [2.45, 2.75) is 6.61 Å². The van der Waals surface area contributed by atoms with Crippen molar-refractivity contribution < 1.29 is 9.13 Å². The van der Waals surface area contributed by atoms with Crippen molar-refractivity contribution in [1.82, 2.24) is 0 Å². The third-order valence-electron chi connectivity index (χ3n) is 2.28. The highest BCUT2D eigenvalue weighted by atomic mass is 127. The van der Waals surface area contributed by atoms with Crippen LogP contribution >= 0.6 is 22.6 Å². The van der Waals surface area contributed by atoms with E-state index in [1.54, 1.807) is 12.1 Å². The molecule has 0 aromatic heterocycles. The van der Waals surface area contributed by atoms with Crippen molar-refractivity contribution in [3.63, 3.8) is 0 Å². The Balaban J connectivity index is 2.02. The molecule has 0 heterocycles. The summed E-state index contributed by atoms with van der Waals surface area (Å²) in [5, 5.41) is 0. The molecular formula is C13H11FINO. The first kappa shape index (κ1) is 12.2. The van der Waals surface area contributed by atoms with Gasteiger partial charge in [0.25, 0.3) is 0 Å². The fourth-order valence-corrected chi connectivity index (χ4v) is 1.72. The van der Waals surface area contributed by atoms with E-state index >= 15 is 0 Å². The van der Waals surface area contributed by atoms with Crippen molar-refractivity contribution in [2.75, 3.05) is 5.73 Å². The smallest absolute Gasteiger partial charge is 0.146 e. The van der Waals surface area contributed by atoms with E-state index in [-0.39, 0.29) is 5.69 Å². The van der Waals surface area contributed by atoms with Gasteiger partial charge < -0.3 is 10.5 Å². The Labute approximate surface area is 113 Å². The third-order valence-corrected chi connectivity index (χ3v) is 3.00. The van der Waals surface area contributed by atoms with Crippen LogP contribution in [0.15, 0.2) is 42.5 Å². The average Bonchev–Trinajstić information content (AvgIpc) is 2.33. The van der Waals surface area contributed by atoms with E-state index in [0.717, 1.165) is 14.9 Å². The minimum atomic E-state index is -0.409. The van der Waals surface area contributed by atoms with Gasteiger partial charge in [0.1, 0.15) is 18.2 Å². The first-order valence-electron chi connectivity index (χ1n) is 5.07. The van der Waals surface area contributed by atoms with E-state index in [0.29, 0.717) is 6.61 Å². The molecule has 0 aliphatic heterocycles. The number of ether oxygens (including phenoxy) is 1. The van der Waals surface area contributed by atoms with Gasteiger partial charge in [-0.25, -0.2) is 4.39 Å². The van der Waals surface area contributed by atoms with Crippen LogP contribution < -0.4 is 10.5 Å². The van der Waals surface area contributed by atoms with Gasteiger partial charge in [0.05, 0.1) is 5.69 Å². The monoisotopic (exact) mass is 343 g/mol. The lowest BCUT2D eigenvalue weighted by Crippen LogP contribution is -1.98. The molecule has 2 nitrogen and oxygen atoms in total. The van der Waals surface area contributed by atoms with Crippen molar-refractivity contribution in [2.24, 2.45) is 0 Å². The Kier molecular flexibility index (Phi) is 3.83. The van der Waals surface area contributed by atoms with Gasteiger partial charge in [-0.2, -0.15) is 0 Å². The number of anilines is 1. The third kappa shape index (κ3) is 3.33. The van der Waals surface area contributed by atoms with Gasteiger partial charge in [-0.1, -0.05) is 6.07 Å². The van der Waals surface area contributed by atoms with Crippen LogP contribution in [0.25, 0.3) is 0 Å². The number of nitrogens with two attached hydrogens (primary N) is 1. The zero-order chi connectivity index (χ0) is 12.3. The lowest BCUT2D eigenvalue weighted by molar-refractivity contribution is 0.305. The summed E-state index contributed by atoms with van der Waals surface area (Å²) in [5.41, 5.74) is 6.31. The van der Waals surface area contributed by atoms with Crippen molar-refractivity contribution in [1.29, 1.82) is 0 Å². The highest BCUT2D eigenvalue weighted by Crippen LogP contribution is 2.17. The second-order valence-corrected chi connectivity index (χ2v) is 4.84. The van der Waals surface area contributed by atoms with Crippen LogP contribution in [0.4, 0.5) is 10.1 Å². The SMILES string of the molecule is Nc1ccc(COc2ccc(I)cc2)cc1F. The number of nitrogen functional groups attached to an aromatic ring is 1. The number of hydrogen-bond acceptors (Lipinski definition) is 2. The molecule has 17 heavy (non-hydrogen) atoms. The maximum Gasteiger partial charge on any atom is 0.146 e. The Morgan fingerprint density at radius 1 is 1.12 bits per heavy atom. The molecule has 0 aliphatic carbocycles. The van der Waals surface area contributed by atoms with E-state index in [9.17, 15) is 4.39 Å². The Hall–Kier alpha value is -1.30. The minimum absolute atomic E-state index is 0.156. The molecule has 0 saturated heterocycles. The van der Waals surface area contributed by atoms with Gasteiger partial charge in [-0.15, -0.1) is 0 Å². The Bertz CT molecular complexity index is 513. The molecule has 0 amide bonds. The molecule has 0 saturated carbocycles. The van der Waals surface area contributed by atoms with Crippen LogP contribution in [0.2, 0.25) is 0 Å². The van der Waals surface area contributed by atoms with Crippen molar-refractivity contribution in [3.8, 4) is 5.75 Å². The van der Waals surface area contributed by atoms with Gasteiger partial charge in [-0.3, -0.25) is 0 Å². The van der Waals surface area contributed by atoms with Crippen LogP contribution in [0.5, 0.6) is 5.75 Å². The molecule has 4 heteroatoms. The summed E-state index contributed by atoms with van der Waals surface area (Å²) in [6.45, 7) is 0.331. The predicted molar refractivity (Wildman–Crippen MR) is 74.3 cm³/mol. The zero-order valence-corrected chi connectivity index (χ0v) is 11.1. The summed E-state index contributed by atoms with van der Waals surface area (Å²) in [4.78, 5) is 0. The molecule has 0 bridgehead atoms. The molecule has 2 rings (SSSR count). The molecule has 0 atom stereocenters. The average molecular weight is 343 g/mol. The summed E-state index contributed by atoms with van der Waals surface area (Å²) in [5.74, 6) is 0.358. The predicted octanol–water partition coefficient (Wildman–Crippen LogP) is 3.59. The van der Waals surface area contributed by atoms with E-state index in [1.807, 2.05) is 24.3 Å². The highest BCUT2D eigenvalue weighted by Gasteiger charge is 2.01. The molecule has 0 aliphatic rings. The van der Waals surface area contributed by atoms with Crippen LogP contribution in [-0.2, 0) is 6.61 Å². The summed E-state index contributed by atoms with van der Waals surface area (Å²) in [6, 6.07) is 12.4. The van der Waals surface area contributed by atoms with Gasteiger partial charge in [0.2, 0.25) is 0 Å². The fraction of sp³-hybridized carbons (Fsp3) is 0.0769. The lowest BCUT2D eigenvalue weighted by atomic mass is 10.2. The lowest BCUT2D eigenvalue weighted by Gasteiger charge is -2.07. The Morgan fingerprint density at radius 2 is 1.82 bits per heavy atom. The molecule has 0 unspecified atom stereocenters. The second-order valence-electron chi connectivity index (χ2n) is 3.60. The van der Waals surface area contributed by atoms with E-state index in [1.165, 1.54) is 6.07 Å². The van der Waals surface area contributed by atoms with Gasteiger partial charge in [-0.05, 0) is 64.6 Å². The zero-order valence-electron chi connectivity index (χ0n) is 8.99. The highest BCUT2D eigenvalue weighted by molar-refractivity contribution is 14.1. The first-order chi connectivity index (χ1) is 8.15. The molecule has 0 radical (unpaired) electrons. The normalized spacial score (nSPS) is 10.2. The molecule has 0 fully saturated rings. The van der Waals surface area contributed by atoms with Gasteiger partial charge in [0.15, 0.2) is 0 Å². The van der Waals surface area contributed by atoms with Crippen LogP contribution in [0, 0.1) is 9.39 Å². The summed E-state index contributed by atoms with van der Waals surface area (Å²) < 4.78 is 19.9. The maximum absolute atomic E-state index is 13.2. The number of hydrogen-bond donors (Lipinski definition) is 1.